The number of carbonyl (C=O) groups is 1. The first-order valence-corrected chi connectivity index (χ1v) is 11.1. The maximum atomic E-state index is 12.7. The molecule has 33 heavy (non-hydrogen) atoms. The lowest BCUT2D eigenvalue weighted by atomic mass is 9.81. The lowest BCUT2D eigenvalue weighted by Crippen LogP contribution is -2.32. The van der Waals surface area contributed by atoms with Crippen LogP contribution in [0.25, 0.3) is 21.5 Å². The second kappa shape index (κ2) is 8.87. The summed E-state index contributed by atoms with van der Waals surface area (Å²) in [6.07, 6.45) is 1.08. The van der Waals surface area contributed by atoms with Crippen molar-refractivity contribution in [2.75, 3.05) is 0 Å². The van der Waals surface area contributed by atoms with Gasteiger partial charge in [-0.2, -0.15) is 4.98 Å². The quantitative estimate of drug-likeness (QED) is 0.373. The van der Waals surface area contributed by atoms with Gasteiger partial charge in [0.05, 0.1) is 11.8 Å². The molecule has 1 heterocycles. The van der Waals surface area contributed by atoms with E-state index in [1.54, 1.807) is 6.92 Å². The zero-order chi connectivity index (χ0) is 22.8. The number of nitrogens with zero attached hydrogens (tertiary/aromatic N) is 2. The molecule has 0 saturated heterocycles. The topological polar surface area (TPSA) is 82.0 Å². The number of carbonyl (C=O) groups excluding carboxylic acids is 1. The van der Waals surface area contributed by atoms with E-state index in [4.69, 9.17) is 10.3 Å². The van der Waals surface area contributed by atoms with Crippen LogP contribution in [0.3, 0.4) is 0 Å². The van der Waals surface area contributed by atoms with Gasteiger partial charge in [0, 0.05) is 0 Å². The zero-order valence-corrected chi connectivity index (χ0v) is 18.4. The van der Waals surface area contributed by atoms with Gasteiger partial charge in [0.1, 0.15) is 0 Å². The van der Waals surface area contributed by atoms with Gasteiger partial charge in [-0.05, 0) is 52.4 Å². The average Bonchev–Trinajstić information content (AvgIpc) is 3.27. The van der Waals surface area contributed by atoms with Crippen molar-refractivity contribution in [2.45, 2.75) is 25.7 Å². The van der Waals surface area contributed by atoms with Crippen LogP contribution in [-0.2, 0) is 17.6 Å². The van der Waals surface area contributed by atoms with E-state index in [2.05, 4.69) is 70.8 Å². The van der Waals surface area contributed by atoms with Gasteiger partial charge in [-0.3, -0.25) is 4.79 Å². The Morgan fingerprint density at radius 3 is 1.88 bits per heavy atom. The van der Waals surface area contributed by atoms with Gasteiger partial charge in [0.2, 0.25) is 11.8 Å². The summed E-state index contributed by atoms with van der Waals surface area (Å²) in [5, 5.41) is 8.61. The molecule has 2 atom stereocenters. The van der Waals surface area contributed by atoms with E-state index in [9.17, 15) is 4.79 Å². The standard InChI is InChI=1S/C28H25N3O2/c1-18-30-28(33-31-18)26(17-20-11-13-22-7-3-5-9-24(22)15-20)25(27(29)32)16-19-10-12-21-6-2-4-8-23(21)14-19/h2-15,25-26H,16-17H2,1H3,(H2,29,32)/t25?,26-/m1/s1. The summed E-state index contributed by atoms with van der Waals surface area (Å²) < 4.78 is 5.56. The highest BCUT2D eigenvalue weighted by Gasteiger charge is 2.32. The molecule has 0 aliphatic rings. The summed E-state index contributed by atoms with van der Waals surface area (Å²) in [7, 11) is 0. The number of rotatable bonds is 7. The minimum atomic E-state index is -0.488. The van der Waals surface area contributed by atoms with E-state index in [1.165, 1.54) is 5.39 Å². The maximum absolute atomic E-state index is 12.7. The molecule has 0 aliphatic heterocycles. The number of nitrogens with two attached hydrogens (primary N) is 1. The normalized spacial score (nSPS) is 13.2. The number of hydrogen-bond donors (Lipinski definition) is 1. The second-order valence-corrected chi connectivity index (χ2v) is 8.57. The molecule has 2 N–H and O–H groups in total. The first kappa shape index (κ1) is 20.9. The van der Waals surface area contributed by atoms with Crippen molar-refractivity contribution in [2.24, 2.45) is 11.7 Å². The summed E-state index contributed by atoms with van der Waals surface area (Å²) in [6.45, 7) is 1.78. The van der Waals surface area contributed by atoms with Crippen molar-refractivity contribution < 1.29 is 9.32 Å². The Balaban J connectivity index is 1.51. The summed E-state index contributed by atoms with van der Waals surface area (Å²) in [6, 6.07) is 29.0. The van der Waals surface area contributed by atoms with Gasteiger partial charge in [-0.1, -0.05) is 90.1 Å². The van der Waals surface area contributed by atoms with Crippen LogP contribution < -0.4 is 5.73 Å². The van der Waals surface area contributed by atoms with Crippen molar-refractivity contribution in [3.05, 3.63) is 108 Å². The number of fused-ring (bicyclic) bond motifs is 2. The van der Waals surface area contributed by atoms with Crippen LogP contribution in [0.2, 0.25) is 0 Å². The van der Waals surface area contributed by atoms with E-state index in [1.807, 2.05) is 24.3 Å². The van der Waals surface area contributed by atoms with E-state index in [0.717, 1.165) is 27.3 Å². The number of primary amides is 1. The van der Waals surface area contributed by atoms with E-state index in [-0.39, 0.29) is 11.8 Å². The van der Waals surface area contributed by atoms with E-state index >= 15 is 0 Å². The summed E-state index contributed by atoms with van der Waals surface area (Å²) in [5.41, 5.74) is 8.11. The fraction of sp³-hybridized carbons (Fsp3) is 0.179. The molecule has 0 radical (unpaired) electrons. The summed E-state index contributed by atoms with van der Waals surface area (Å²) in [5.74, 6) is -0.189. The molecule has 1 aromatic heterocycles. The molecule has 5 aromatic rings. The van der Waals surface area contributed by atoms with Crippen molar-refractivity contribution in [1.82, 2.24) is 10.1 Å². The van der Waals surface area contributed by atoms with Crippen molar-refractivity contribution >= 4 is 27.5 Å². The average molecular weight is 436 g/mol. The van der Waals surface area contributed by atoms with E-state index in [0.29, 0.717) is 24.6 Å². The van der Waals surface area contributed by atoms with Crippen LogP contribution in [0.4, 0.5) is 0 Å². The minimum Gasteiger partial charge on any atom is -0.369 e. The Labute approximate surface area is 192 Å². The predicted molar refractivity (Wildman–Crippen MR) is 130 cm³/mol. The minimum absolute atomic E-state index is 0.323. The van der Waals surface area contributed by atoms with Gasteiger partial charge in [-0.25, -0.2) is 0 Å². The molecule has 0 spiro atoms. The lowest BCUT2D eigenvalue weighted by Gasteiger charge is -2.22. The van der Waals surface area contributed by atoms with Crippen molar-refractivity contribution in [3.63, 3.8) is 0 Å². The number of amides is 1. The number of aryl methyl sites for hydroxylation is 1. The largest absolute Gasteiger partial charge is 0.369 e. The molecule has 5 nitrogen and oxygen atoms in total. The molecule has 1 amide bonds. The van der Waals surface area contributed by atoms with Gasteiger partial charge in [-0.15, -0.1) is 0 Å². The molecule has 5 rings (SSSR count). The molecule has 4 aromatic carbocycles. The third-order valence-electron chi connectivity index (χ3n) is 6.25. The van der Waals surface area contributed by atoms with Crippen LogP contribution in [0.1, 0.15) is 28.8 Å². The fourth-order valence-corrected chi connectivity index (χ4v) is 4.55. The van der Waals surface area contributed by atoms with Crippen LogP contribution in [0, 0.1) is 12.8 Å². The Bertz CT molecular complexity index is 1440. The van der Waals surface area contributed by atoms with Gasteiger partial charge >= 0.3 is 0 Å². The van der Waals surface area contributed by atoms with Gasteiger partial charge < -0.3 is 10.3 Å². The first-order valence-electron chi connectivity index (χ1n) is 11.1. The van der Waals surface area contributed by atoms with Crippen LogP contribution in [0.5, 0.6) is 0 Å². The smallest absolute Gasteiger partial charge is 0.230 e. The van der Waals surface area contributed by atoms with Gasteiger partial charge in [0.15, 0.2) is 5.82 Å². The summed E-state index contributed by atoms with van der Waals surface area (Å²) >= 11 is 0. The Morgan fingerprint density at radius 1 is 0.818 bits per heavy atom. The third kappa shape index (κ3) is 4.48. The van der Waals surface area contributed by atoms with Crippen molar-refractivity contribution in [3.8, 4) is 0 Å². The molecular formula is C28H25N3O2. The maximum Gasteiger partial charge on any atom is 0.230 e. The molecule has 164 valence electrons. The molecular weight excluding hydrogens is 410 g/mol. The number of hydrogen-bond acceptors (Lipinski definition) is 4. The SMILES string of the molecule is Cc1noc([C@H](Cc2ccc3ccccc3c2)C(Cc2ccc3ccccc3c2)C(N)=O)n1. The predicted octanol–water partition coefficient (Wildman–Crippen LogP) is 5.35. The summed E-state index contributed by atoms with van der Waals surface area (Å²) in [4.78, 5) is 17.2. The second-order valence-electron chi connectivity index (χ2n) is 8.57. The lowest BCUT2D eigenvalue weighted by molar-refractivity contribution is -0.122. The van der Waals surface area contributed by atoms with Crippen molar-refractivity contribution in [1.29, 1.82) is 0 Å². The number of aromatic nitrogens is 2. The highest BCUT2D eigenvalue weighted by atomic mass is 16.5. The monoisotopic (exact) mass is 435 g/mol. The fourth-order valence-electron chi connectivity index (χ4n) is 4.55. The Hall–Kier alpha value is -3.99. The molecule has 5 heteroatoms. The molecule has 0 aliphatic carbocycles. The van der Waals surface area contributed by atoms with Crippen LogP contribution >= 0.6 is 0 Å². The molecule has 0 fully saturated rings. The highest BCUT2D eigenvalue weighted by molar-refractivity contribution is 5.84. The highest BCUT2D eigenvalue weighted by Crippen LogP contribution is 2.32. The van der Waals surface area contributed by atoms with Crippen LogP contribution in [-0.4, -0.2) is 16.0 Å². The first-order chi connectivity index (χ1) is 16.1. The molecule has 0 saturated carbocycles. The Morgan fingerprint density at radius 2 is 1.36 bits per heavy atom. The van der Waals surface area contributed by atoms with E-state index < -0.39 is 5.92 Å². The molecule has 1 unspecified atom stereocenters. The number of benzene rings is 4. The zero-order valence-electron chi connectivity index (χ0n) is 18.4. The molecule has 0 bridgehead atoms. The third-order valence-corrected chi connectivity index (χ3v) is 6.25. The Kier molecular flexibility index (Phi) is 5.61. The van der Waals surface area contributed by atoms with Crippen LogP contribution in [0.15, 0.2) is 89.5 Å². The van der Waals surface area contributed by atoms with Gasteiger partial charge in [0.25, 0.3) is 0 Å².